The summed E-state index contributed by atoms with van der Waals surface area (Å²) in [6.45, 7) is 2.01. The summed E-state index contributed by atoms with van der Waals surface area (Å²) in [4.78, 5) is 13.2. The molecule has 0 saturated heterocycles. The monoisotopic (exact) mass is 282 g/mol. The first kappa shape index (κ1) is 13.5. The van der Waals surface area contributed by atoms with E-state index in [0.717, 1.165) is 11.3 Å². The molecule has 0 fully saturated rings. The molecule has 19 heavy (non-hydrogen) atoms. The van der Waals surface area contributed by atoms with Gasteiger partial charge in [-0.1, -0.05) is 0 Å². The van der Waals surface area contributed by atoms with Crippen LogP contribution in [0.25, 0.3) is 0 Å². The van der Waals surface area contributed by atoms with Crippen molar-refractivity contribution < 1.29 is 8.42 Å². The van der Waals surface area contributed by atoms with Crippen LogP contribution in [0.4, 0.5) is 0 Å². The summed E-state index contributed by atoms with van der Waals surface area (Å²) in [6, 6.07) is 2.43. The smallest absolute Gasteiger partial charge is 0.247 e. The van der Waals surface area contributed by atoms with Gasteiger partial charge >= 0.3 is 0 Å². The molecule has 2 rings (SSSR count). The molecule has 0 spiro atoms. The van der Waals surface area contributed by atoms with Crippen LogP contribution in [-0.4, -0.2) is 23.2 Å². The number of hydrogen-bond donors (Lipinski definition) is 2. The Balaban J connectivity index is 2.16. The fourth-order valence-electron chi connectivity index (χ4n) is 1.54. The van der Waals surface area contributed by atoms with Crippen molar-refractivity contribution in [1.82, 2.24) is 19.5 Å². The zero-order valence-electron chi connectivity index (χ0n) is 10.5. The lowest BCUT2D eigenvalue weighted by atomic mass is 10.3. The highest BCUT2D eigenvalue weighted by atomic mass is 32.2. The maximum absolute atomic E-state index is 12.0. The van der Waals surface area contributed by atoms with Gasteiger partial charge in [-0.15, -0.1) is 0 Å². The van der Waals surface area contributed by atoms with Crippen LogP contribution in [0, 0.1) is 6.92 Å². The summed E-state index contributed by atoms with van der Waals surface area (Å²) < 4.78 is 28.1. The van der Waals surface area contributed by atoms with Crippen LogP contribution in [0.2, 0.25) is 0 Å². The second-order valence-electron chi connectivity index (χ2n) is 4.09. The van der Waals surface area contributed by atoms with Crippen molar-refractivity contribution in [3.63, 3.8) is 0 Å². The average Bonchev–Trinajstić information content (AvgIpc) is 2.68. The van der Waals surface area contributed by atoms with Crippen LogP contribution >= 0.6 is 0 Å². The minimum atomic E-state index is -3.64. The Hall–Kier alpha value is -1.93. The van der Waals surface area contributed by atoms with E-state index < -0.39 is 10.0 Å². The van der Waals surface area contributed by atoms with Crippen LogP contribution in [0.5, 0.6) is 0 Å². The van der Waals surface area contributed by atoms with E-state index in [1.54, 1.807) is 17.9 Å². The number of aromatic nitrogens is 3. The van der Waals surface area contributed by atoms with Crippen molar-refractivity contribution in [3.05, 3.63) is 46.1 Å². The van der Waals surface area contributed by atoms with Crippen molar-refractivity contribution >= 4 is 10.0 Å². The van der Waals surface area contributed by atoms with Gasteiger partial charge in [-0.25, -0.2) is 13.1 Å². The van der Waals surface area contributed by atoms with Crippen molar-refractivity contribution in [1.29, 1.82) is 0 Å². The van der Waals surface area contributed by atoms with Gasteiger partial charge in [0, 0.05) is 37.1 Å². The first-order valence-corrected chi connectivity index (χ1v) is 7.04. The molecule has 0 radical (unpaired) electrons. The van der Waals surface area contributed by atoms with Gasteiger partial charge in [-0.2, -0.15) is 5.10 Å². The van der Waals surface area contributed by atoms with E-state index in [0.29, 0.717) is 0 Å². The highest BCUT2D eigenvalue weighted by Crippen LogP contribution is 2.08. The van der Waals surface area contributed by atoms with Gasteiger partial charge < -0.3 is 4.98 Å². The Morgan fingerprint density at radius 2 is 2.16 bits per heavy atom. The summed E-state index contributed by atoms with van der Waals surface area (Å²) in [7, 11) is -1.85. The zero-order valence-corrected chi connectivity index (χ0v) is 11.4. The SMILES string of the molecule is Cc1c(CNS(=O)(=O)c2ccc(=O)[nH]c2)cnn1C. The number of hydrogen-bond acceptors (Lipinski definition) is 4. The van der Waals surface area contributed by atoms with Crippen molar-refractivity contribution in [2.45, 2.75) is 18.4 Å². The highest BCUT2D eigenvalue weighted by Gasteiger charge is 2.15. The van der Waals surface area contributed by atoms with Gasteiger partial charge in [0.1, 0.15) is 0 Å². The molecular weight excluding hydrogens is 268 g/mol. The Morgan fingerprint density at radius 1 is 1.42 bits per heavy atom. The summed E-state index contributed by atoms with van der Waals surface area (Å²) in [5, 5.41) is 4.04. The predicted molar refractivity (Wildman–Crippen MR) is 69.0 cm³/mol. The molecule has 2 aromatic rings. The van der Waals surface area contributed by atoms with E-state index in [1.807, 2.05) is 6.92 Å². The molecule has 2 aromatic heterocycles. The highest BCUT2D eigenvalue weighted by molar-refractivity contribution is 7.89. The Kier molecular flexibility index (Phi) is 3.54. The molecule has 8 heteroatoms. The Morgan fingerprint density at radius 3 is 2.68 bits per heavy atom. The molecule has 0 bridgehead atoms. The molecule has 0 atom stereocenters. The molecule has 0 saturated carbocycles. The lowest BCUT2D eigenvalue weighted by Gasteiger charge is -2.06. The molecule has 2 heterocycles. The molecular formula is C11H14N4O3S. The van der Waals surface area contributed by atoms with Gasteiger partial charge in [-0.05, 0) is 13.0 Å². The van der Waals surface area contributed by atoms with Crippen molar-refractivity contribution in [2.75, 3.05) is 0 Å². The number of nitrogens with zero attached hydrogens (tertiary/aromatic N) is 2. The average molecular weight is 282 g/mol. The third kappa shape index (κ3) is 2.91. The molecule has 102 valence electrons. The van der Waals surface area contributed by atoms with Gasteiger partial charge in [0.25, 0.3) is 0 Å². The molecule has 0 aliphatic carbocycles. The molecule has 0 unspecified atom stereocenters. The van der Waals surface area contributed by atoms with Gasteiger partial charge in [0.2, 0.25) is 15.6 Å². The standard InChI is InChI=1S/C11H14N4O3S/c1-8-9(5-13-15(8)2)6-14-19(17,18)10-3-4-11(16)12-7-10/h3-5,7,14H,6H2,1-2H3,(H,12,16). The number of pyridine rings is 1. The second kappa shape index (κ2) is 4.98. The van der Waals surface area contributed by atoms with Gasteiger partial charge in [0.05, 0.1) is 11.1 Å². The molecule has 7 nitrogen and oxygen atoms in total. The van der Waals surface area contributed by atoms with Gasteiger partial charge in [-0.3, -0.25) is 9.48 Å². The van der Waals surface area contributed by atoms with E-state index in [1.165, 1.54) is 18.3 Å². The minimum Gasteiger partial charge on any atom is -0.328 e. The maximum atomic E-state index is 12.0. The number of rotatable bonds is 4. The molecule has 0 aliphatic heterocycles. The van der Waals surface area contributed by atoms with Crippen LogP contribution in [0.15, 0.2) is 34.2 Å². The van der Waals surface area contributed by atoms with Crippen molar-refractivity contribution in [3.8, 4) is 0 Å². The number of nitrogens with one attached hydrogen (secondary N) is 2. The first-order chi connectivity index (χ1) is 8.90. The first-order valence-electron chi connectivity index (χ1n) is 5.56. The predicted octanol–water partition coefficient (Wildman–Crippen LogP) is -0.105. The summed E-state index contributed by atoms with van der Waals surface area (Å²) in [5.41, 5.74) is 1.35. The zero-order chi connectivity index (χ0) is 14.0. The molecule has 0 amide bonds. The number of sulfonamides is 1. The van der Waals surface area contributed by atoms with Crippen LogP contribution < -0.4 is 10.3 Å². The maximum Gasteiger partial charge on any atom is 0.247 e. The summed E-state index contributed by atoms with van der Waals surface area (Å²) in [6.07, 6.45) is 2.78. The summed E-state index contributed by atoms with van der Waals surface area (Å²) >= 11 is 0. The lowest BCUT2D eigenvalue weighted by molar-refractivity contribution is 0.580. The number of aromatic amines is 1. The largest absolute Gasteiger partial charge is 0.328 e. The van der Waals surface area contributed by atoms with E-state index in [4.69, 9.17) is 0 Å². The summed E-state index contributed by atoms with van der Waals surface area (Å²) in [5.74, 6) is 0. The fourth-order valence-corrected chi connectivity index (χ4v) is 2.51. The molecule has 2 N–H and O–H groups in total. The van der Waals surface area contributed by atoms with Crippen LogP contribution in [-0.2, 0) is 23.6 Å². The van der Waals surface area contributed by atoms with E-state index in [9.17, 15) is 13.2 Å². The lowest BCUT2D eigenvalue weighted by Crippen LogP contribution is -2.24. The van der Waals surface area contributed by atoms with Crippen molar-refractivity contribution in [2.24, 2.45) is 7.05 Å². The fraction of sp³-hybridized carbons (Fsp3) is 0.273. The van der Waals surface area contributed by atoms with E-state index >= 15 is 0 Å². The van der Waals surface area contributed by atoms with Crippen LogP contribution in [0.1, 0.15) is 11.3 Å². The van der Waals surface area contributed by atoms with E-state index in [2.05, 4.69) is 14.8 Å². The molecule has 0 aromatic carbocycles. The number of aryl methyl sites for hydroxylation is 1. The molecule has 0 aliphatic rings. The Labute approximate surface area is 110 Å². The van der Waals surface area contributed by atoms with Crippen LogP contribution in [0.3, 0.4) is 0 Å². The number of H-pyrrole nitrogens is 1. The minimum absolute atomic E-state index is 0.0219. The quantitative estimate of drug-likeness (QED) is 0.818. The Bertz CT molecular complexity index is 725. The topological polar surface area (TPSA) is 96.8 Å². The third-order valence-electron chi connectivity index (χ3n) is 2.86. The normalized spacial score (nSPS) is 11.7. The third-order valence-corrected chi connectivity index (χ3v) is 4.25. The van der Waals surface area contributed by atoms with E-state index in [-0.39, 0.29) is 17.0 Å². The second-order valence-corrected chi connectivity index (χ2v) is 5.86. The van der Waals surface area contributed by atoms with Gasteiger partial charge in [0.15, 0.2) is 0 Å².